The van der Waals surface area contributed by atoms with Gasteiger partial charge in [0.15, 0.2) is 0 Å². The van der Waals surface area contributed by atoms with Crippen LogP contribution < -0.4 is 5.32 Å². The van der Waals surface area contributed by atoms with E-state index in [1.54, 1.807) is 6.07 Å². The van der Waals surface area contributed by atoms with Crippen molar-refractivity contribution in [2.75, 3.05) is 13.1 Å². The van der Waals surface area contributed by atoms with Crippen LogP contribution in [0.5, 0.6) is 0 Å². The Kier molecular flexibility index (Phi) is 5.20. The summed E-state index contributed by atoms with van der Waals surface area (Å²) in [6.45, 7) is 4.83. The van der Waals surface area contributed by atoms with Gasteiger partial charge in [0, 0.05) is 25.2 Å². The SMILES string of the molecule is Fc1ccccc1CNCc1ccc(CN2CCCC2)cc1. The van der Waals surface area contributed by atoms with Gasteiger partial charge in [-0.2, -0.15) is 0 Å². The van der Waals surface area contributed by atoms with E-state index >= 15 is 0 Å². The highest BCUT2D eigenvalue weighted by molar-refractivity contribution is 5.23. The maximum Gasteiger partial charge on any atom is 0.127 e. The number of halogens is 1. The number of hydrogen-bond donors (Lipinski definition) is 1. The Labute approximate surface area is 132 Å². The van der Waals surface area contributed by atoms with E-state index in [4.69, 9.17) is 0 Å². The first-order valence-corrected chi connectivity index (χ1v) is 8.05. The summed E-state index contributed by atoms with van der Waals surface area (Å²) in [5, 5.41) is 3.30. The molecule has 1 heterocycles. The maximum absolute atomic E-state index is 13.5. The van der Waals surface area contributed by atoms with Crippen molar-refractivity contribution in [3.8, 4) is 0 Å². The highest BCUT2D eigenvalue weighted by Crippen LogP contribution is 2.13. The molecule has 0 atom stereocenters. The summed E-state index contributed by atoms with van der Waals surface area (Å²) >= 11 is 0. The van der Waals surface area contributed by atoms with E-state index in [2.05, 4.69) is 34.5 Å². The van der Waals surface area contributed by atoms with Gasteiger partial charge in [0.05, 0.1) is 0 Å². The fraction of sp³-hybridized carbons (Fsp3) is 0.368. The lowest BCUT2D eigenvalue weighted by Gasteiger charge is -2.14. The summed E-state index contributed by atoms with van der Waals surface area (Å²) in [4.78, 5) is 2.51. The fourth-order valence-electron chi connectivity index (χ4n) is 2.94. The summed E-state index contributed by atoms with van der Waals surface area (Å²) in [6, 6.07) is 15.7. The molecule has 1 fully saturated rings. The predicted molar refractivity (Wildman–Crippen MR) is 87.9 cm³/mol. The third-order valence-electron chi connectivity index (χ3n) is 4.23. The Morgan fingerprint density at radius 2 is 1.55 bits per heavy atom. The first-order chi connectivity index (χ1) is 10.8. The van der Waals surface area contributed by atoms with Gasteiger partial charge in [-0.3, -0.25) is 4.90 Å². The van der Waals surface area contributed by atoms with Crippen molar-refractivity contribution in [1.82, 2.24) is 10.2 Å². The van der Waals surface area contributed by atoms with Crippen molar-refractivity contribution in [3.05, 3.63) is 71.0 Å². The highest BCUT2D eigenvalue weighted by atomic mass is 19.1. The van der Waals surface area contributed by atoms with E-state index < -0.39 is 0 Å². The topological polar surface area (TPSA) is 15.3 Å². The van der Waals surface area contributed by atoms with Crippen LogP contribution in [-0.4, -0.2) is 18.0 Å². The third kappa shape index (κ3) is 4.15. The molecule has 1 saturated heterocycles. The smallest absolute Gasteiger partial charge is 0.127 e. The molecule has 22 heavy (non-hydrogen) atoms. The van der Waals surface area contributed by atoms with Gasteiger partial charge in [-0.1, -0.05) is 42.5 Å². The highest BCUT2D eigenvalue weighted by Gasteiger charge is 2.11. The molecule has 2 aromatic rings. The van der Waals surface area contributed by atoms with Gasteiger partial charge in [-0.15, -0.1) is 0 Å². The molecule has 1 N–H and O–H groups in total. The maximum atomic E-state index is 13.5. The molecule has 0 aromatic heterocycles. The lowest BCUT2D eigenvalue weighted by Crippen LogP contribution is -2.18. The van der Waals surface area contributed by atoms with Gasteiger partial charge in [0.25, 0.3) is 0 Å². The summed E-state index contributed by atoms with van der Waals surface area (Å²) in [5.74, 6) is -0.143. The molecular formula is C19H23FN2. The monoisotopic (exact) mass is 298 g/mol. The summed E-state index contributed by atoms with van der Waals surface area (Å²) < 4.78 is 13.5. The van der Waals surface area contributed by atoms with Gasteiger partial charge < -0.3 is 5.32 Å². The second-order valence-corrected chi connectivity index (χ2v) is 5.99. The Hall–Kier alpha value is -1.71. The van der Waals surface area contributed by atoms with E-state index in [1.807, 2.05) is 12.1 Å². The minimum Gasteiger partial charge on any atom is -0.309 e. The van der Waals surface area contributed by atoms with Crippen LogP contribution in [0.3, 0.4) is 0 Å². The minimum atomic E-state index is -0.143. The average Bonchev–Trinajstić information content (AvgIpc) is 3.04. The Bertz CT molecular complexity index is 589. The quantitative estimate of drug-likeness (QED) is 0.874. The standard InChI is InChI=1S/C19H23FN2/c20-19-6-2-1-5-18(19)14-21-13-16-7-9-17(10-8-16)15-22-11-3-4-12-22/h1-2,5-10,21H,3-4,11-15H2. The lowest BCUT2D eigenvalue weighted by atomic mass is 10.1. The molecule has 0 unspecified atom stereocenters. The van der Waals surface area contributed by atoms with Crippen LogP contribution >= 0.6 is 0 Å². The number of hydrogen-bond acceptors (Lipinski definition) is 2. The number of benzene rings is 2. The molecule has 1 aliphatic rings. The van der Waals surface area contributed by atoms with Crippen molar-refractivity contribution in [2.24, 2.45) is 0 Å². The van der Waals surface area contributed by atoms with E-state index in [0.29, 0.717) is 12.1 Å². The molecule has 0 spiro atoms. The average molecular weight is 298 g/mol. The van der Waals surface area contributed by atoms with E-state index in [0.717, 1.165) is 13.1 Å². The van der Waals surface area contributed by atoms with Crippen molar-refractivity contribution >= 4 is 0 Å². The lowest BCUT2D eigenvalue weighted by molar-refractivity contribution is 0.331. The molecule has 1 aliphatic heterocycles. The summed E-state index contributed by atoms with van der Waals surface area (Å²) in [5.41, 5.74) is 3.33. The zero-order valence-corrected chi connectivity index (χ0v) is 12.9. The van der Waals surface area contributed by atoms with Gasteiger partial charge >= 0.3 is 0 Å². The molecule has 0 radical (unpaired) electrons. The van der Waals surface area contributed by atoms with Crippen LogP contribution in [0.15, 0.2) is 48.5 Å². The molecule has 0 bridgehead atoms. The minimum absolute atomic E-state index is 0.143. The molecule has 0 amide bonds. The fourth-order valence-corrected chi connectivity index (χ4v) is 2.94. The molecule has 2 nitrogen and oxygen atoms in total. The Morgan fingerprint density at radius 1 is 0.864 bits per heavy atom. The van der Waals surface area contributed by atoms with Crippen LogP contribution in [0.4, 0.5) is 4.39 Å². The van der Waals surface area contributed by atoms with Gasteiger partial charge in [0.2, 0.25) is 0 Å². The number of nitrogens with zero attached hydrogens (tertiary/aromatic N) is 1. The first-order valence-electron chi connectivity index (χ1n) is 8.05. The Balaban J connectivity index is 1.47. The Morgan fingerprint density at radius 3 is 2.27 bits per heavy atom. The molecular weight excluding hydrogens is 275 g/mol. The van der Waals surface area contributed by atoms with Crippen molar-refractivity contribution in [1.29, 1.82) is 0 Å². The van der Waals surface area contributed by atoms with Crippen molar-refractivity contribution in [3.63, 3.8) is 0 Å². The number of likely N-dealkylation sites (tertiary alicyclic amines) is 1. The number of rotatable bonds is 6. The number of nitrogens with one attached hydrogen (secondary N) is 1. The summed E-state index contributed by atoms with van der Waals surface area (Å²) in [6.07, 6.45) is 2.66. The molecule has 2 aromatic carbocycles. The van der Waals surface area contributed by atoms with Gasteiger partial charge in [0.1, 0.15) is 5.82 Å². The predicted octanol–water partition coefficient (Wildman–Crippen LogP) is 3.71. The van der Waals surface area contributed by atoms with E-state index in [1.165, 1.54) is 43.1 Å². The van der Waals surface area contributed by atoms with Gasteiger partial charge in [-0.25, -0.2) is 4.39 Å². The largest absolute Gasteiger partial charge is 0.309 e. The third-order valence-corrected chi connectivity index (χ3v) is 4.23. The van der Waals surface area contributed by atoms with Gasteiger partial charge in [-0.05, 0) is 43.1 Å². The first kappa shape index (κ1) is 15.2. The van der Waals surface area contributed by atoms with Crippen LogP contribution in [0, 0.1) is 5.82 Å². The van der Waals surface area contributed by atoms with E-state index in [-0.39, 0.29) is 5.82 Å². The second-order valence-electron chi connectivity index (χ2n) is 5.99. The molecule has 3 heteroatoms. The molecule has 3 rings (SSSR count). The second kappa shape index (κ2) is 7.52. The molecule has 0 aliphatic carbocycles. The normalized spacial score (nSPS) is 15.3. The van der Waals surface area contributed by atoms with Crippen LogP contribution in [0.25, 0.3) is 0 Å². The van der Waals surface area contributed by atoms with Crippen molar-refractivity contribution in [2.45, 2.75) is 32.5 Å². The zero-order valence-electron chi connectivity index (χ0n) is 12.9. The summed E-state index contributed by atoms with van der Waals surface area (Å²) in [7, 11) is 0. The van der Waals surface area contributed by atoms with Crippen molar-refractivity contribution < 1.29 is 4.39 Å². The van der Waals surface area contributed by atoms with Crippen LogP contribution in [0.2, 0.25) is 0 Å². The van der Waals surface area contributed by atoms with E-state index in [9.17, 15) is 4.39 Å². The molecule has 0 saturated carbocycles. The van der Waals surface area contributed by atoms with Crippen LogP contribution in [-0.2, 0) is 19.6 Å². The van der Waals surface area contributed by atoms with Crippen LogP contribution in [0.1, 0.15) is 29.5 Å². The molecule has 116 valence electrons. The zero-order chi connectivity index (χ0) is 15.2.